The van der Waals surface area contributed by atoms with Gasteiger partial charge in [0.15, 0.2) is 0 Å². The molecule has 3 aliphatic heterocycles. The fourth-order valence-corrected chi connectivity index (χ4v) is 5.09. The Morgan fingerprint density at radius 3 is 2.32 bits per heavy atom. The lowest BCUT2D eigenvalue weighted by molar-refractivity contribution is -0.128. The SMILES string of the molecule is CCN1C(=O)C2CC3(CCN(S(=O)(=O)CC)CC3)CN2C1=O. The molecule has 3 saturated heterocycles. The van der Waals surface area contributed by atoms with Gasteiger partial charge in [-0.2, -0.15) is 0 Å². The number of likely N-dealkylation sites (N-methyl/N-ethyl adjacent to an activating group) is 1. The van der Waals surface area contributed by atoms with Crippen LogP contribution in [0.4, 0.5) is 4.79 Å². The molecule has 0 aromatic heterocycles. The quantitative estimate of drug-likeness (QED) is 0.705. The Morgan fingerprint density at radius 1 is 1.18 bits per heavy atom. The number of carbonyl (C=O) groups excluding carboxylic acids is 2. The molecule has 3 aliphatic rings. The summed E-state index contributed by atoms with van der Waals surface area (Å²) in [5, 5.41) is 0. The third-order valence-electron chi connectivity index (χ3n) is 5.39. The van der Waals surface area contributed by atoms with E-state index in [0.29, 0.717) is 32.6 Å². The first-order valence-corrected chi connectivity index (χ1v) is 9.54. The maximum absolute atomic E-state index is 12.3. The Bertz CT molecular complexity index is 569. The van der Waals surface area contributed by atoms with Crippen molar-refractivity contribution in [3.8, 4) is 0 Å². The van der Waals surface area contributed by atoms with Crippen molar-refractivity contribution >= 4 is 22.0 Å². The minimum absolute atomic E-state index is 0.0877. The van der Waals surface area contributed by atoms with E-state index in [0.717, 1.165) is 12.8 Å². The molecule has 22 heavy (non-hydrogen) atoms. The number of hydrogen-bond donors (Lipinski definition) is 0. The van der Waals surface area contributed by atoms with Gasteiger partial charge in [0.05, 0.1) is 5.75 Å². The maximum Gasteiger partial charge on any atom is 0.327 e. The van der Waals surface area contributed by atoms with Crippen molar-refractivity contribution in [3.05, 3.63) is 0 Å². The highest BCUT2D eigenvalue weighted by Gasteiger charge is 2.56. The van der Waals surface area contributed by atoms with Crippen LogP contribution in [-0.2, 0) is 14.8 Å². The molecule has 0 N–H and O–H groups in total. The summed E-state index contributed by atoms with van der Waals surface area (Å²) >= 11 is 0. The van der Waals surface area contributed by atoms with Crippen molar-refractivity contribution in [2.75, 3.05) is 31.9 Å². The normalized spacial score (nSPS) is 28.7. The molecule has 8 heteroatoms. The van der Waals surface area contributed by atoms with Crippen LogP contribution in [0.25, 0.3) is 0 Å². The zero-order valence-electron chi connectivity index (χ0n) is 13.1. The monoisotopic (exact) mass is 329 g/mol. The summed E-state index contributed by atoms with van der Waals surface area (Å²) in [4.78, 5) is 27.5. The summed E-state index contributed by atoms with van der Waals surface area (Å²) in [5.74, 6) is 0.0324. The first-order valence-electron chi connectivity index (χ1n) is 7.93. The van der Waals surface area contributed by atoms with E-state index >= 15 is 0 Å². The fraction of sp³-hybridized carbons (Fsp3) is 0.857. The molecule has 3 rings (SSSR count). The number of fused-ring (bicyclic) bond motifs is 1. The summed E-state index contributed by atoms with van der Waals surface area (Å²) in [5.41, 5.74) is -0.0877. The standard InChI is InChI=1S/C14H23N3O4S/c1-3-16-12(18)11-9-14(10-17(11)13(16)19)5-7-15(8-6-14)22(20,21)4-2/h11H,3-10H2,1-2H3. The molecule has 0 aromatic rings. The number of amides is 3. The fourth-order valence-electron chi connectivity index (χ4n) is 3.98. The van der Waals surface area contributed by atoms with E-state index in [1.165, 1.54) is 4.90 Å². The van der Waals surface area contributed by atoms with Crippen LogP contribution in [0.15, 0.2) is 0 Å². The van der Waals surface area contributed by atoms with Gasteiger partial charge in [0.25, 0.3) is 5.91 Å². The molecule has 0 aliphatic carbocycles. The lowest BCUT2D eigenvalue weighted by Crippen LogP contribution is -2.46. The Hall–Kier alpha value is -1.15. The lowest BCUT2D eigenvalue weighted by atomic mass is 9.77. The Kier molecular flexibility index (Phi) is 3.71. The van der Waals surface area contributed by atoms with Gasteiger partial charge < -0.3 is 4.90 Å². The molecule has 0 aromatic carbocycles. The van der Waals surface area contributed by atoms with Crippen LogP contribution in [0, 0.1) is 5.41 Å². The minimum atomic E-state index is -3.14. The largest absolute Gasteiger partial charge is 0.327 e. The number of piperidine rings is 1. The first-order chi connectivity index (χ1) is 10.3. The van der Waals surface area contributed by atoms with Gasteiger partial charge in [0.2, 0.25) is 10.0 Å². The molecule has 0 bridgehead atoms. The second-order valence-electron chi connectivity index (χ2n) is 6.51. The molecule has 0 saturated carbocycles. The van der Waals surface area contributed by atoms with E-state index in [2.05, 4.69) is 0 Å². The Balaban J connectivity index is 1.71. The van der Waals surface area contributed by atoms with E-state index in [-0.39, 0.29) is 29.1 Å². The third-order valence-corrected chi connectivity index (χ3v) is 7.28. The maximum atomic E-state index is 12.3. The molecule has 1 spiro atoms. The smallest absolute Gasteiger partial charge is 0.312 e. The first kappa shape index (κ1) is 15.7. The summed E-state index contributed by atoms with van der Waals surface area (Å²) < 4.78 is 25.4. The van der Waals surface area contributed by atoms with Crippen LogP contribution >= 0.6 is 0 Å². The highest BCUT2D eigenvalue weighted by Crippen LogP contribution is 2.46. The molecular weight excluding hydrogens is 306 g/mol. The number of urea groups is 1. The van der Waals surface area contributed by atoms with E-state index in [9.17, 15) is 18.0 Å². The molecule has 124 valence electrons. The second-order valence-corrected chi connectivity index (χ2v) is 8.77. The van der Waals surface area contributed by atoms with Crippen LogP contribution in [0.5, 0.6) is 0 Å². The van der Waals surface area contributed by atoms with Crippen molar-refractivity contribution in [3.63, 3.8) is 0 Å². The van der Waals surface area contributed by atoms with Gasteiger partial charge in [0, 0.05) is 26.2 Å². The van der Waals surface area contributed by atoms with Crippen LogP contribution in [0.1, 0.15) is 33.1 Å². The Labute approximate surface area is 131 Å². The van der Waals surface area contributed by atoms with Crippen molar-refractivity contribution in [2.45, 2.75) is 39.2 Å². The van der Waals surface area contributed by atoms with E-state index in [1.807, 2.05) is 6.92 Å². The zero-order valence-corrected chi connectivity index (χ0v) is 13.9. The number of nitrogens with zero attached hydrogens (tertiary/aromatic N) is 3. The lowest BCUT2D eigenvalue weighted by Gasteiger charge is -2.38. The van der Waals surface area contributed by atoms with E-state index < -0.39 is 10.0 Å². The minimum Gasteiger partial charge on any atom is -0.312 e. The van der Waals surface area contributed by atoms with Gasteiger partial charge in [-0.25, -0.2) is 17.5 Å². The highest BCUT2D eigenvalue weighted by atomic mass is 32.2. The van der Waals surface area contributed by atoms with Crippen molar-refractivity contribution in [1.29, 1.82) is 0 Å². The predicted octanol–water partition coefficient (Wildman–Crippen LogP) is 0.475. The predicted molar refractivity (Wildman–Crippen MR) is 80.6 cm³/mol. The third kappa shape index (κ3) is 2.23. The number of rotatable bonds is 3. The van der Waals surface area contributed by atoms with Crippen LogP contribution in [0.3, 0.4) is 0 Å². The molecular formula is C14H23N3O4S. The topological polar surface area (TPSA) is 78.0 Å². The van der Waals surface area contributed by atoms with Gasteiger partial charge in [-0.1, -0.05) is 0 Å². The molecule has 7 nitrogen and oxygen atoms in total. The van der Waals surface area contributed by atoms with Crippen LogP contribution < -0.4 is 0 Å². The molecule has 0 radical (unpaired) electrons. The Morgan fingerprint density at radius 2 is 1.82 bits per heavy atom. The van der Waals surface area contributed by atoms with Gasteiger partial charge in [-0.15, -0.1) is 0 Å². The molecule has 1 unspecified atom stereocenters. The summed E-state index contributed by atoms with van der Waals surface area (Å²) in [7, 11) is -3.14. The van der Waals surface area contributed by atoms with E-state index in [4.69, 9.17) is 0 Å². The number of carbonyl (C=O) groups is 2. The van der Waals surface area contributed by atoms with Crippen LogP contribution in [-0.4, -0.2) is 72.4 Å². The van der Waals surface area contributed by atoms with E-state index in [1.54, 1.807) is 16.1 Å². The zero-order chi connectivity index (χ0) is 16.1. The molecule has 3 heterocycles. The highest BCUT2D eigenvalue weighted by molar-refractivity contribution is 7.89. The van der Waals surface area contributed by atoms with Crippen LogP contribution in [0.2, 0.25) is 0 Å². The summed E-state index contributed by atoms with van der Waals surface area (Å²) in [6.45, 7) is 5.45. The van der Waals surface area contributed by atoms with Gasteiger partial charge >= 0.3 is 6.03 Å². The number of imide groups is 1. The van der Waals surface area contributed by atoms with Crippen molar-refractivity contribution in [2.24, 2.45) is 5.41 Å². The molecule has 3 fully saturated rings. The van der Waals surface area contributed by atoms with Gasteiger partial charge in [-0.05, 0) is 38.5 Å². The van der Waals surface area contributed by atoms with Gasteiger partial charge in [-0.3, -0.25) is 9.69 Å². The van der Waals surface area contributed by atoms with Crippen molar-refractivity contribution < 1.29 is 18.0 Å². The van der Waals surface area contributed by atoms with Crippen molar-refractivity contribution in [1.82, 2.24) is 14.1 Å². The summed E-state index contributed by atoms with van der Waals surface area (Å²) in [6.07, 6.45) is 2.13. The van der Waals surface area contributed by atoms with Gasteiger partial charge in [0.1, 0.15) is 6.04 Å². The number of sulfonamides is 1. The number of hydrogen-bond acceptors (Lipinski definition) is 4. The second kappa shape index (κ2) is 5.19. The molecule has 3 amide bonds. The average molecular weight is 329 g/mol. The summed E-state index contributed by atoms with van der Waals surface area (Å²) in [6, 6.07) is -0.514. The molecule has 1 atom stereocenters. The average Bonchev–Trinajstić information content (AvgIpc) is 2.96.